The van der Waals surface area contributed by atoms with Gasteiger partial charge in [0.1, 0.15) is 6.10 Å². The molecular formula is C29H36N2O5. The van der Waals surface area contributed by atoms with E-state index in [0.717, 1.165) is 30.2 Å². The lowest BCUT2D eigenvalue weighted by Gasteiger charge is -2.54. The highest BCUT2D eigenvalue weighted by Gasteiger charge is 2.53. The highest BCUT2D eigenvalue weighted by Crippen LogP contribution is 2.55. The number of aliphatic carboxylic acids is 1. The number of carboxylic acid groups (broad SMARTS) is 1. The van der Waals surface area contributed by atoms with Crippen molar-refractivity contribution >= 4 is 18.0 Å². The minimum Gasteiger partial charge on any atom is -0.481 e. The Morgan fingerprint density at radius 1 is 0.861 bits per heavy atom. The highest BCUT2D eigenvalue weighted by atomic mass is 16.6. The lowest BCUT2D eigenvalue weighted by Crippen LogP contribution is -2.55. The molecule has 1 N–H and O–H groups in total. The number of carbonyl (C=O) groups excluding carboxylic acids is 2. The number of hydrogen-bond acceptors (Lipinski definition) is 4. The average molecular weight is 493 g/mol. The summed E-state index contributed by atoms with van der Waals surface area (Å²) in [6, 6.07) is 8.34. The van der Waals surface area contributed by atoms with Gasteiger partial charge in [0.2, 0.25) is 5.91 Å². The lowest BCUT2D eigenvalue weighted by molar-refractivity contribution is -0.142. The van der Waals surface area contributed by atoms with Gasteiger partial charge in [0.05, 0.1) is 11.8 Å². The first kappa shape index (κ1) is 22.6. The van der Waals surface area contributed by atoms with Crippen LogP contribution in [0.25, 0.3) is 0 Å². The molecule has 8 rings (SSSR count). The van der Waals surface area contributed by atoms with E-state index in [4.69, 9.17) is 4.74 Å². The third kappa shape index (κ3) is 3.64. The van der Waals surface area contributed by atoms with Gasteiger partial charge in [-0.15, -0.1) is 0 Å². The zero-order valence-electron chi connectivity index (χ0n) is 20.8. The largest absolute Gasteiger partial charge is 0.481 e. The van der Waals surface area contributed by atoms with E-state index in [2.05, 4.69) is 18.2 Å². The monoisotopic (exact) mass is 492 g/mol. The number of hydrogen-bond donors (Lipinski definition) is 1. The van der Waals surface area contributed by atoms with E-state index in [-0.39, 0.29) is 29.4 Å². The van der Waals surface area contributed by atoms with Gasteiger partial charge in [-0.3, -0.25) is 9.59 Å². The van der Waals surface area contributed by atoms with E-state index < -0.39 is 11.9 Å². The van der Waals surface area contributed by atoms with Crippen LogP contribution in [0.1, 0.15) is 62.5 Å². The average Bonchev–Trinajstić information content (AvgIpc) is 3.67. The maximum absolute atomic E-state index is 13.3. The second-order valence-corrected chi connectivity index (χ2v) is 12.7. The maximum Gasteiger partial charge on any atom is 0.410 e. The van der Waals surface area contributed by atoms with Crippen molar-refractivity contribution in [1.29, 1.82) is 0 Å². The summed E-state index contributed by atoms with van der Waals surface area (Å²) < 4.78 is 6.21. The molecule has 0 radical (unpaired) electrons. The fourth-order valence-electron chi connectivity index (χ4n) is 8.82. The number of rotatable bonds is 3. The molecule has 2 atom stereocenters. The van der Waals surface area contributed by atoms with Gasteiger partial charge in [0.15, 0.2) is 0 Å². The van der Waals surface area contributed by atoms with Crippen LogP contribution in [0, 0.1) is 35.5 Å². The van der Waals surface area contributed by atoms with Crippen LogP contribution in [0.4, 0.5) is 4.79 Å². The van der Waals surface area contributed by atoms with Crippen LogP contribution in [0.2, 0.25) is 0 Å². The van der Waals surface area contributed by atoms with Crippen molar-refractivity contribution in [3.05, 3.63) is 35.4 Å². The molecule has 5 aliphatic carbocycles. The van der Waals surface area contributed by atoms with Gasteiger partial charge in [-0.25, -0.2) is 4.79 Å². The minimum atomic E-state index is -0.869. The Labute approximate surface area is 212 Å². The fourth-order valence-corrected chi connectivity index (χ4v) is 8.82. The molecule has 0 unspecified atom stereocenters. The van der Waals surface area contributed by atoms with E-state index in [0.29, 0.717) is 44.4 Å². The van der Waals surface area contributed by atoms with Crippen LogP contribution in [0.5, 0.6) is 0 Å². The van der Waals surface area contributed by atoms with E-state index in [1.54, 1.807) is 0 Å². The van der Waals surface area contributed by atoms with Crippen molar-refractivity contribution in [2.24, 2.45) is 35.5 Å². The number of carbonyl (C=O) groups is 3. The quantitative estimate of drug-likeness (QED) is 0.688. The number of carboxylic acids is 1. The van der Waals surface area contributed by atoms with Crippen molar-refractivity contribution < 1.29 is 24.2 Å². The normalized spacial score (nSPS) is 37.5. The number of piperidine rings is 1. The van der Waals surface area contributed by atoms with Crippen LogP contribution in [0.3, 0.4) is 0 Å². The Balaban J connectivity index is 1.04. The first-order chi connectivity index (χ1) is 17.4. The van der Waals surface area contributed by atoms with Crippen LogP contribution in [-0.2, 0) is 26.3 Å². The van der Waals surface area contributed by atoms with E-state index in [1.165, 1.54) is 37.7 Å². The van der Waals surface area contributed by atoms with Crippen LogP contribution in [0.15, 0.2) is 24.3 Å². The predicted octanol–water partition coefficient (Wildman–Crippen LogP) is 4.04. The Bertz CT molecular complexity index is 1060. The van der Waals surface area contributed by atoms with E-state index in [1.807, 2.05) is 15.9 Å². The molecule has 192 valence electrons. The van der Waals surface area contributed by atoms with E-state index in [9.17, 15) is 19.5 Å². The fraction of sp³-hybridized carbons (Fsp3) is 0.690. The number of nitrogens with zero attached hydrogens (tertiary/aromatic N) is 2. The Hall–Kier alpha value is -2.57. The zero-order chi connectivity index (χ0) is 24.6. The molecule has 2 aliphatic heterocycles. The third-order valence-corrected chi connectivity index (χ3v) is 10.5. The van der Waals surface area contributed by atoms with Crippen molar-refractivity contribution in [2.75, 3.05) is 19.6 Å². The summed E-state index contributed by atoms with van der Waals surface area (Å²) in [6.07, 6.45) is 8.31. The van der Waals surface area contributed by atoms with Gasteiger partial charge in [-0.05, 0) is 86.2 Å². The highest BCUT2D eigenvalue weighted by molar-refractivity contribution is 5.89. The lowest BCUT2D eigenvalue weighted by atomic mass is 9.55. The zero-order valence-corrected chi connectivity index (χ0v) is 20.8. The summed E-state index contributed by atoms with van der Waals surface area (Å²) >= 11 is 0. The number of amides is 2. The van der Waals surface area contributed by atoms with Gasteiger partial charge < -0.3 is 19.6 Å². The second kappa shape index (κ2) is 8.22. The Morgan fingerprint density at radius 3 is 2.17 bits per heavy atom. The molecule has 6 fully saturated rings. The molecule has 0 aromatic heterocycles. The molecule has 2 heterocycles. The van der Waals surface area contributed by atoms with Crippen molar-refractivity contribution in [2.45, 2.75) is 69.4 Å². The van der Waals surface area contributed by atoms with Crippen LogP contribution >= 0.6 is 0 Å². The predicted molar refractivity (Wildman–Crippen MR) is 131 cm³/mol. The van der Waals surface area contributed by atoms with Gasteiger partial charge in [-0.1, -0.05) is 24.3 Å². The maximum atomic E-state index is 13.3. The number of likely N-dealkylation sites (tertiary alicyclic amines) is 1. The molecule has 1 spiro atoms. The number of benzene rings is 1. The van der Waals surface area contributed by atoms with Crippen molar-refractivity contribution in [3.8, 4) is 0 Å². The summed E-state index contributed by atoms with van der Waals surface area (Å²) in [5, 5.41) is 9.32. The standard InChI is InChI=1S/C29H36N2O5/c32-26(22-14-23(22)27(33)34)31-15-19-3-1-2-4-24(19)29(16-31)5-7-30(8-6-29)28(35)36-25-20-10-17-9-18(12-20)13-21(25)11-17/h1-4,17-18,20-23,25H,5-16H2,(H,33,34)/t17?,18?,20?,21?,22-,23-,25?/m1/s1. The Kier molecular flexibility index (Phi) is 5.16. The summed E-state index contributed by atoms with van der Waals surface area (Å²) in [5.41, 5.74) is 2.24. The smallest absolute Gasteiger partial charge is 0.410 e. The first-order valence-electron chi connectivity index (χ1n) is 14.0. The first-order valence-corrected chi connectivity index (χ1v) is 14.0. The summed E-state index contributed by atoms with van der Waals surface area (Å²) in [4.78, 5) is 41.6. The Morgan fingerprint density at radius 2 is 1.53 bits per heavy atom. The van der Waals surface area contributed by atoms with E-state index >= 15 is 0 Å². The van der Waals surface area contributed by atoms with Gasteiger partial charge in [-0.2, -0.15) is 0 Å². The molecule has 7 heteroatoms. The van der Waals surface area contributed by atoms with Crippen molar-refractivity contribution in [3.63, 3.8) is 0 Å². The third-order valence-electron chi connectivity index (χ3n) is 10.5. The van der Waals surface area contributed by atoms with Crippen LogP contribution < -0.4 is 0 Å². The number of fused-ring (bicyclic) bond motifs is 2. The summed E-state index contributed by atoms with van der Waals surface area (Å²) in [6.45, 7) is 2.40. The van der Waals surface area contributed by atoms with Gasteiger partial charge >= 0.3 is 12.1 Å². The van der Waals surface area contributed by atoms with Gasteiger partial charge in [0.25, 0.3) is 0 Å². The van der Waals surface area contributed by atoms with Crippen LogP contribution in [-0.4, -0.2) is 58.6 Å². The minimum absolute atomic E-state index is 0.0278. The topological polar surface area (TPSA) is 87.2 Å². The molecule has 7 nitrogen and oxygen atoms in total. The SMILES string of the molecule is O=C(O)[C@@H]1C[C@H]1C(=O)N1Cc2ccccc2C2(CCN(C(=O)OC3C4CC5CC(C4)CC3C5)CC2)C1. The van der Waals surface area contributed by atoms with Gasteiger partial charge in [0, 0.05) is 31.6 Å². The molecule has 7 aliphatic rings. The summed E-state index contributed by atoms with van der Waals surface area (Å²) in [5.74, 6) is 1.01. The molecule has 1 aromatic rings. The molecule has 1 saturated heterocycles. The number of ether oxygens (including phenoxy) is 1. The molecule has 5 saturated carbocycles. The molecule has 2 amide bonds. The molecule has 4 bridgehead atoms. The second-order valence-electron chi connectivity index (χ2n) is 12.7. The summed E-state index contributed by atoms with van der Waals surface area (Å²) in [7, 11) is 0. The van der Waals surface area contributed by atoms with Crippen molar-refractivity contribution in [1.82, 2.24) is 9.80 Å². The molecular weight excluding hydrogens is 456 g/mol. The molecule has 36 heavy (non-hydrogen) atoms. The molecule has 1 aromatic carbocycles.